The number of para-hydroxylation sites is 2. The van der Waals surface area contributed by atoms with E-state index in [1.54, 1.807) is 0 Å². The first-order valence-electron chi connectivity index (χ1n) is 14.6. The van der Waals surface area contributed by atoms with E-state index in [9.17, 15) is 0 Å². The summed E-state index contributed by atoms with van der Waals surface area (Å²) in [7, 11) is 0. The maximum absolute atomic E-state index is 5.11. The molecule has 200 valence electrons. The van der Waals surface area contributed by atoms with Crippen molar-refractivity contribution in [3.05, 3.63) is 152 Å². The van der Waals surface area contributed by atoms with Gasteiger partial charge in [0, 0.05) is 27.6 Å². The van der Waals surface area contributed by atoms with Crippen molar-refractivity contribution < 1.29 is 0 Å². The average molecular weight is 548 g/mol. The molecule has 0 bridgehead atoms. The van der Waals surface area contributed by atoms with Gasteiger partial charge in [0.15, 0.2) is 0 Å². The normalized spacial score (nSPS) is 11.7. The molecule has 2 heterocycles. The number of fused-ring (bicyclic) bond motifs is 8. The van der Waals surface area contributed by atoms with Gasteiger partial charge in [0.05, 0.1) is 33.5 Å². The van der Waals surface area contributed by atoms with Crippen LogP contribution >= 0.6 is 0 Å². The molecule has 0 aliphatic carbocycles. The lowest BCUT2D eigenvalue weighted by Gasteiger charge is -2.12. The number of hydrogen-bond acceptors (Lipinski definition) is 2. The van der Waals surface area contributed by atoms with Crippen LogP contribution in [0, 0.1) is 0 Å². The van der Waals surface area contributed by atoms with Crippen LogP contribution in [0.15, 0.2) is 152 Å². The Bertz CT molecular complexity index is 2400. The van der Waals surface area contributed by atoms with E-state index in [4.69, 9.17) is 9.97 Å². The average Bonchev–Trinajstić information content (AvgIpc) is 3.43. The van der Waals surface area contributed by atoms with E-state index in [-0.39, 0.29) is 0 Å². The van der Waals surface area contributed by atoms with Gasteiger partial charge >= 0.3 is 0 Å². The van der Waals surface area contributed by atoms with Crippen LogP contribution in [-0.4, -0.2) is 14.5 Å². The van der Waals surface area contributed by atoms with Crippen molar-refractivity contribution in [1.29, 1.82) is 0 Å². The molecule has 9 rings (SSSR count). The lowest BCUT2D eigenvalue weighted by Crippen LogP contribution is -1.97. The van der Waals surface area contributed by atoms with Gasteiger partial charge in [-0.25, -0.2) is 9.97 Å². The largest absolute Gasteiger partial charge is 0.309 e. The number of benzene rings is 7. The van der Waals surface area contributed by atoms with Gasteiger partial charge in [-0.3, -0.25) is 0 Å². The Morgan fingerprint density at radius 1 is 0.372 bits per heavy atom. The zero-order chi connectivity index (χ0) is 28.3. The van der Waals surface area contributed by atoms with Crippen molar-refractivity contribution in [2.75, 3.05) is 0 Å². The molecule has 0 spiro atoms. The Hall–Kier alpha value is -5.80. The van der Waals surface area contributed by atoms with Crippen molar-refractivity contribution in [2.24, 2.45) is 0 Å². The van der Waals surface area contributed by atoms with Gasteiger partial charge in [-0.2, -0.15) is 0 Å². The second-order valence-electron chi connectivity index (χ2n) is 11.0. The van der Waals surface area contributed by atoms with Crippen molar-refractivity contribution in [1.82, 2.24) is 14.5 Å². The molecule has 0 aliphatic rings. The minimum atomic E-state index is 0.885. The van der Waals surface area contributed by atoms with E-state index < -0.39 is 0 Å². The van der Waals surface area contributed by atoms with Crippen molar-refractivity contribution in [2.45, 2.75) is 0 Å². The van der Waals surface area contributed by atoms with Crippen LogP contribution in [0.1, 0.15) is 0 Å². The van der Waals surface area contributed by atoms with E-state index in [2.05, 4.69) is 126 Å². The summed E-state index contributed by atoms with van der Waals surface area (Å²) < 4.78 is 2.40. The van der Waals surface area contributed by atoms with E-state index in [0.717, 1.165) is 39.2 Å². The third-order valence-corrected chi connectivity index (χ3v) is 8.56. The molecule has 3 heteroatoms. The molecule has 7 aromatic carbocycles. The fourth-order valence-electron chi connectivity index (χ4n) is 6.59. The first-order valence-corrected chi connectivity index (χ1v) is 14.6. The first-order chi connectivity index (χ1) is 21.3. The van der Waals surface area contributed by atoms with Gasteiger partial charge in [0.25, 0.3) is 0 Å². The molecule has 2 aromatic heterocycles. The fourth-order valence-corrected chi connectivity index (χ4v) is 6.59. The highest BCUT2D eigenvalue weighted by Gasteiger charge is 2.18. The SMILES string of the molecule is c1ccc(-c2nc3ccccc3nc2-c2ccc(-n3c4ccc5ccccc5c4c4c5ccccc5ccc43)cc2)cc1. The van der Waals surface area contributed by atoms with Crippen LogP contribution in [0.4, 0.5) is 0 Å². The van der Waals surface area contributed by atoms with Crippen molar-refractivity contribution in [3.63, 3.8) is 0 Å². The fraction of sp³-hybridized carbons (Fsp3) is 0. The molecule has 9 aromatic rings. The summed E-state index contributed by atoms with van der Waals surface area (Å²) in [6.45, 7) is 0. The number of hydrogen-bond donors (Lipinski definition) is 0. The minimum absolute atomic E-state index is 0.885. The lowest BCUT2D eigenvalue weighted by molar-refractivity contribution is 1.18. The monoisotopic (exact) mass is 547 g/mol. The molecule has 0 atom stereocenters. The predicted molar refractivity (Wildman–Crippen MR) is 180 cm³/mol. The van der Waals surface area contributed by atoms with Crippen LogP contribution in [0.25, 0.3) is 82.6 Å². The number of nitrogens with zero attached hydrogens (tertiary/aromatic N) is 3. The summed E-state index contributed by atoms with van der Waals surface area (Å²) in [5.41, 5.74) is 9.18. The molecule has 0 N–H and O–H groups in total. The van der Waals surface area contributed by atoms with Crippen LogP contribution in [0.2, 0.25) is 0 Å². The Morgan fingerprint density at radius 3 is 1.40 bits per heavy atom. The molecule has 0 radical (unpaired) electrons. The minimum Gasteiger partial charge on any atom is -0.309 e. The van der Waals surface area contributed by atoms with Gasteiger partial charge in [-0.05, 0) is 57.9 Å². The van der Waals surface area contributed by atoms with E-state index in [1.807, 2.05) is 30.3 Å². The molecule has 0 fully saturated rings. The second kappa shape index (κ2) is 9.37. The van der Waals surface area contributed by atoms with E-state index in [0.29, 0.717) is 0 Å². The molecular weight excluding hydrogens is 522 g/mol. The van der Waals surface area contributed by atoms with Gasteiger partial charge in [-0.15, -0.1) is 0 Å². The molecular formula is C40H25N3. The Kier molecular flexibility index (Phi) is 5.20. The summed E-state index contributed by atoms with van der Waals surface area (Å²) in [6.07, 6.45) is 0. The summed E-state index contributed by atoms with van der Waals surface area (Å²) in [5.74, 6) is 0. The van der Waals surface area contributed by atoms with Crippen LogP contribution in [-0.2, 0) is 0 Å². The van der Waals surface area contributed by atoms with E-state index in [1.165, 1.54) is 43.4 Å². The van der Waals surface area contributed by atoms with Crippen molar-refractivity contribution in [3.8, 4) is 28.2 Å². The Labute approximate surface area is 248 Å². The second-order valence-corrected chi connectivity index (χ2v) is 11.0. The summed E-state index contributed by atoms with van der Waals surface area (Å²) >= 11 is 0. The standard InChI is InChI=1S/C40H25N3/c1-2-12-28(13-3-1)39-40(42-34-17-9-8-16-33(34)41-39)29-18-22-30(23-19-29)43-35-24-20-26-10-4-6-14-31(26)37(35)38-32-15-7-5-11-27(32)21-25-36(38)43/h1-25H. The quantitative estimate of drug-likeness (QED) is 0.220. The number of rotatable bonds is 3. The molecule has 0 aliphatic heterocycles. The summed E-state index contributed by atoms with van der Waals surface area (Å²) in [5, 5.41) is 7.63. The molecule has 0 saturated heterocycles. The Morgan fingerprint density at radius 2 is 0.837 bits per heavy atom. The third kappa shape index (κ3) is 3.68. The smallest absolute Gasteiger partial charge is 0.0973 e. The zero-order valence-electron chi connectivity index (χ0n) is 23.3. The first kappa shape index (κ1) is 23.9. The number of aromatic nitrogens is 3. The highest BCUT2D eigenvalue weighted by atomic mass is 15.0. The Balaban J connectivity index is 1.29. The highest BCUT2D eigenvalue weighted by molar-refractivity contribution is 6.28. The van der Waals surface area contributed by atoms with Gasteiger partial charge in [-0.1, -0.05) is 115 Å². The van der Waals surface area contributed by atoms with Gasteiger partial charge < -0.3 is 4.57 Å². The van der Waals surface area contributed by atoms with Crippen LogP contribution < -0.4 is 0 Å². The molecule has 0 unspecified atom stereocenters. The van der Waals surface area contributed by atoms with Crippen LogP contribution in [0.3, 0.4) is 0 Å². The molecule has 0 amide bonds. The molecule has 43 heavy (non-hydrogen) atoms. The van der Waals surface area contributed by atoms with Crippen molar-refractivity contribution >= 4 is 54.4 Å². The lowest BCUT2D eigenvalue weighted by atomic mass is 10.00. The topological polar surface area (TPSA) is 30.7 Å². The van der Waals surface area contributed by atoms with Gasteiger partial charge in [0.1, 0.15) is 0 Å². The summed E-state index contributed by atoms with van der Waals surface area (Å²) in [4.78, 5) is 10.2. The predicted octanol–water partition coefficient (Wildman–Crippen LogP) is 10.4. The summed E-state index contributed by atoms with van der Waals surface area (Å²) in [6, 6.07) is 53.6. The highest BCUT2D eigenvalue weighted by Crippen LogP contribution is 2.41. The van der Waals surface area contributed by atoms with Crippen LogP contribution in [0.5, 0.6) is 0 Å². The van der Waals surface area contributed by atoms with E-state index >= 15 is 0 Å². The van der Waals surface area contributed by atoms with Gasteiger partial charge in [0.2, 0.25) is 0 Å². The third-order valence-electron chi connectivity index (χ3n) is 8.56. The maximum atomic E-state index is 5.11. The zero-order valence-corrected chi connectivity index (χ0v) is 23.3. The molecule has 3 nitrogen and oxygen atoms in total. The maximum Gasteiger partial charge on any atom is 0.0973 e. The molecule has 0 saturated carbocycles.